The second-order valence-electron chi connectivity index (χ2n) is 6.87. The lowest BCUT2D eigenvalue weighted by Gasteiger charge is -2.08. The molecule has 2 N–H and O–H groups in total. The van der Waals surface area contributed by atoms with Crippen molar-refractivity contribution in [2.24, 2.45) is 0 Å². The molecule has 0 bridgehead atoms. The molecule has 2 heterocycles. The van der Waals surface area contributed by atoms with Crippen LogP contribution in [0.2, 0.25) is 5.02 Å². The van der Waals surface area contributed by atoms with E-state index >= 15 is 0 Å². The predicted molar refractivity (Wildman–Crippen MR) is 112 cm³/mol. The zero-order valence-corrected chi connectivity index (χ0v) is 18.2. The van der Waals surface area contributed by atoms with Crippen LogP contribution in [0.3, 0.4) is 0 Å². The minimum Gasteiger partial charge on any atom is -0.484 e. The largest absolute Gasteiger partial charge is 0.484 e. The maximum Gasteiger partial charge on any atom is 0.316 e. The number of carbonyl (C=O) groups excluding carboxylic acids is 2. The van der Waals surface area contributed by atoms with Gasteiger partial charge in [-0.05, 0) is 32.9 Å². The third kappa shape index (κ3) is 6.05. The van der Waals surface area contributed by atoms with Crippen LogP contribution in [-0.4, -0.2) is 51.4 Å². The summed E-state index contributed by atoms with van der Waals surface area (Å²) in [6, 6.07) is 7.39. The van der Waals surface area contributed by atoms with Crippen LogP contribution in [-0.2, 0) is 11.3 Å². The van der Waals surface area contributed by atoms with Gasteiger partial charge in [-0.25, -0.2) is 0 Å². The van der Waals surface area contributed by atoms with Gasteiger partial charge < -0.3 is 19.9 Å². The number of hydrogen-bond donors (Lipinski definition) is 2. The Balaban J connectivity index is 1.38. The van der Waals surface area contributed by atoms with Crippen molar-refractivity contribution in [3.05, 3.63) is 58.0 Å². The Hall–Kier alpha value is -3.40. The molecule has 31 heavy (non-hydrogen) atoms. The highest BCUT2D eigenvalue weighted by Gasteiger charge is 2.17. The molecule has 164 valence electrons. The molecule has 3 rings (SSSR count). The van der Waals surface area contributed by atoms with Crippen molar-refractivity contribution in [3.8, 4) is 5.75 Å². The molecule has 0 fully saturated rings. The molecule has 2 amide bonds. The quantitative estimate of drug-likeness (QED) is 0.480. The first kappa shape index (κ1) is 22.3. The van der Waals surface area contributed by atoms with Gasteiger partial charge in [-0.15, -0.1) is 0 Å². The van der Waals surface area contributed by atoms with Gasteiger partial charge in [0.05, 0.1) is 16.4 Å². The number of ether oxygens (including phenoxy) is 1. The van der Waals surface area contributed by atoms with Crippen molar-refractivity contribution in [1.29, 1.82) is 0 Å². The summed E-state index contributed by atoms with van der Waals surface area (Å²) in [6.45, 7) is 6.14. The Morgan fingerprint density at radius 3 is 2.52 bits per heavy atom. The number of benzene rings is 1. The maximum atomic E-state index is 12.1. The average Bonchev–Trinajstić information content (AvgIpc) is 3.31. The van der Waals surface area contributed by atoms with E-state index in [0.29, 0.717) is 22.3 Å². The molecule has 1 aromatic carbocycles. The van der Waals surface area contributed by atoms with E-state index < -0.39 is 5.91 Å². The minimum atomic E-state index is -0.532. The third-order valence-corrected chi connectivity index (χ3v) is 4.92. The molecule has 10 nitrogen and oxygen atoms in total. The SMILES string of the molecule is Cc1ccc(OCC(=O)NCCNC(=O)c2nc(Cn3nc(C)c(Cl)c3C)no2)cc1. The molecule has 0 aliphatic rings. The van der Waals surface area contributed by atoms with E-state index in [2.05, 4.69) is 25.9 Å². The number of aromatic nitrogens is 4. The number of halogens is 1. The van der Waals surface area contributed by atoms with Crippen molar-refractivity contribution in [3.63, 3.8) is 0 Å². The van der Waals surface area contributed by atoms with Crippen LogP contribution < -0.4 is 15.4 Å². The van der Waals surface area contributed by atoms with E-state index in [1.54, 1.807) is 23.7 Å². The van der Waals surface area contributed by atoms with Gasteiger partial charge in [0.25, 0.3) is 5.91 Å². The van der Waals surface area contributed by atoms with E-state index in [1.165, 1.54) is 0 Å². The molecule has 0 aliphatic heterocycles. The molecule has 0 spiro atoms. The van der Waals surface area contributed by atoms with E-state index in [1.807, 2.05) is 26.0 Å². The van der Waals surface area contributed by atoms with Crippen molar-refractivity contribution >= 4 is 23.4 Å². The number of carbonyl (C=O) groups is 2. The monoisotopic (exact) mass is 446 g/mol. The van der Waals surface area contributed by atoms with Crippen molar-refractivity contribution in [1.82, 2.24) is 30.6 Å². The summed E-state index contributed by atoms with van der Waals surface area (Å²) in [6.07, 6.45) is 0. The van der Waals surface area contributed by atoms with Gasteiger partial charge in [-0.1, -0.05) is 34.5 Å². The Morgan fingerprint density at radius 1 is 1.13 bits per heavy atom. The zero-order chi connectivity index (χ0) is 22.4. The Morgan fingerprint density at radius 2 is 1.84 bits per heavy atom. The van der Waals surface area contributed by atoms with Crippen LogP contribution in [0.4, 0.5) is 0 Å². The van der Waals surface area contributed by atoms with E-state index in [-0.39, 0.29) is 38.0 Å². The first-order valence-electron chi connectivity index (χ1n) is 9.60. The highest BCUT2D eigenvalue weighted by molar-refractivity contribution is 6.31. The Bertz CT molecular complexity index is 1060. The number of nitrogens with one attached hydrogen (secondary N) is 2. The smallest absolute Gasteiger partial charge is 0.316 e. The fraction of sp³-hybridized carbons (Fsp3) is 0.350. The summed E-state index contributed by atoms with van der Waals surface area (Å²) in [5.74, 6) is -0.0802. The number of amides is 2. The van der Waals surface area contributed by atoms with Crippen LogP contribution in [0, 0.1) is 20.8 Å². The summed E-state index contributed by atoms with van der Waals surface area (Å²) in [5, 5.41) is 13.9. The standard InChI is InChI=1S/C20H23ClN6O4/c1-12-4-6-15(7-5-12)30-11-17(28)22-8-9-23-19(29)20-24-16(26-31-20)10-27-14(3)18(21)13(2)25-27/h4-7H,8-11H2,1-3H3,(H,22,28)(H,23,29). The van der Waals surface area contributed by atoms with Crippen LogP contribution in [0.25, 0.3) is 0 Å². The van der Waals surface area contributed by atoms with Gasteiger partial charge in [0, 0.05) is 13.1 Å². The summed E-state index contributed by atoms with van der Waals surface area (Å²) < 4.78 is 12.0. The van der Waals surface area contributed by atoms with Crippen LogP contribution in [0.1, 0.15) is 33.5 Å². The summed E-state index contributed by atoms with van der Waals surface area (Å²) >= 11 is 6.12. The van der Waals surface area contributed by atoms with E-state index in [4.69, 9.17) is 20.9 Å². The lowest BCUT2D eigenvalue weighted by atomic mass is 10.2. The zero-order valence-electron chi connectivity index (χ0n) is 17.4. The van der Waals surface area contributed by atoms with Crippen LogP contribution in [0.15, 0.2) is 28.8 Å². The Labute approximate surface area is 183 Å². The van der Waals surface area contributed by atoms with Gasteiger partial charge in [0.2, 0.25) is 0 Å². The van der Waals surface area contributed by atoms with E-state index in [0.717, 1.165) is 11.3 Å². The average molecular weight is 447 g/mol. The highest BCUT2D eigenvalue weighted by Crippen LogP contribution is 2.19. The molecule has 0 atom stereocenters. The fourth-order valence-corrected chi connectivity index (χ4v) is 2.80. The minimum absolute atomic E-state index is 0.111. The fourth-order valence-electron chi connectivity index (χ4n) is 2.66. The molecule has 0 unspecified atom stereocenters. The molecular weight excluding hydrogens is 424 g/mol. The molecule has 11 heteroatoms. The second-order valence-corrected chi connectivity index (χ2v) is 7.24. The van der Waals surface area contributed by atoms with Gasteiger partial charge in [0.15, 0.2) is 12.4 Å². The lowest BCUT2D eigenvalue weighted by molar-refractivity contribution is -0.123. The molecule has 0 aliphatic carbocycles. The van der Waals surface area contributed by atoms with Crippen molar-refractivity contribution in [2.75, 3.05) is 19.7 Å². The topological polar surface area (TPSA) is 124 Å². The van der Waals surface area contributed by atoms with Crippen LogP contribution >= 0.6 is 11.6 Å². The second kappa shape index (κ2) is 10.1. The van der Waals surface area contributed by atoms with Crippen molar-refractivity contribution in [2.45, 2.75) is 27.3 Å². The molecule has 0 saturated heterocycles. The number of rotatable bonds is 9. The van der Waals surface area contributed by atoms with Gasteiger partial charge in [-0.2, -0.15) is 10.1 Å². The number of nitrogens with zero attached hydrogens (tertiary/aromatic N) is 4. The summed E-state index contributed by atoms with van der Waals surface area (Å²) in [7, 11) is 0. The molecule has 2 aromatic heterocycles. The highest BCUT2D eigenvalue weighted by atomic mass is 35.5. The van der Waals surface area contributed by atoms with Gasteiger partial charge >= 0.3 is 11.8 Å². The maximum absolute atomic E-state index is 12.1. The summed E-state index contributed by atoms with van der Waals surface area (Å²) in [5.41, 5.74) is 2.58. The normalized spacial score (nSPS) is 10.7. The molecular formula is C20H23ClN6O4. The lowest BCUT2D eigenvalue weighted by Crippen LogP contribution is -2.36. The third-order valence-electron chi connectivity index (χ3n) is 4.37. The summed E-state index contributed by atoms with van der Waals surface area (Å²) in [4.78, 5) is 28.0. The first-order valence-corrected chi connectivity index (χ1v) is 9.97. The number of aryl methyl sites for hydroxylation is 2. The molecule has 0 radical (unpaired) electrons. The van der Waals surface area contributed by atoms with Crippen molar-refractivity contribution < 1.29 is 18.8 Å². The first-order chi connectivity index (χ1) is 14.8. The predicted octanol–water partition coefficient (Wildman–Crippen LogP) is 1.82. The molecule has 0 saturated carbocycles. The Kier molecular flexibility index (Phi) is 7.24. The van der Waals surface area contributed by atoms with Gasteiger partial charge in [-0.3, -0.25) is 14.3 Å². The van der Waals surface area contributed by atoms with Crippen LogP contribution in [0.5, 0.6) is 5.75 Å². The van der Waals surface area contributed by atoms with E-state index in [9.17, 15) is 9.59 Å². The number of hydrogen-bond acceptors (Lipinski definition) is 7. The molecule has 3 aromatic rings. The van der Waals surface area contributed by atoms with Gasteiger partial charge in [0.1, 0.15) is 12.3 Å².